The number of nitrogens with one attached hydrogen (secondary N) is 1. The van der Waals surface area contributed by atoms with Gasteiger partial charge in [-0.1, -0.05) is 50.1 Å². The highest BCUT2D eigenvalue weighted by Crippen LogP contribution is 2.52. The number of fused-ring (bicyclic) bond motifs is 1. The number of rotatable bonds is 5. The van der Waals surface area contributed by atoms with Crippen LogP contribution in [0, 0.1) is 5.41 Å². The molecule has 5 atom stereocenters. The lowest BCUT2D eigenvalue weighted by molar-refractivity contribution is -0.140. The lowest BCUT2D eigenvalue weighted by atomic mass is 9.70. The Labute approximate surface area is 157 Å². The van der Waals surface area contributed by atoms with E-state index in [-0.39, 0.29) is 24.0 Å². The number of ether oxygens (including phenoxy) is 1. The van der Waals surface area contributed by atoms with E-state index in [0.29, 0.717) is 24.7 Å². The molecule has 3 aliphatic rings. The van der Waals surface area contributed by atoms with Crippen LogP contribution >= 0.6 is 0 Å². The van der Waals surface area contributed by atoms with Crippen molar-refractivity contribution < 1.29 is 9.53 Å². The third-order valence-electron chi connectivity index (χ3n) is 7.02. The van der Waals surface area contributed by atoms with E-state index < -0.39 is 0 Å². The quantitative estimate of drug-likeness (QED) is 0.881. The molecule has 4 heteroatoms. The molecule has 26 heavy (non-hydrogen) atoms. The summed E-state index contributed by atoms with van der Waals surface area (Å²) >= 11 is 0. The van der Waals surface area contributed by atoms with E-state index in [2.05, 4.69) is 47.5 Å². The van der Waals surface area contributed by atoms with Crippen molar-refractivity contribution >= 4 is 5.91 Å². The molecule has 1 amide bonds. The van der Waals surface area contributed by atoms with E-state index in [4.69, 9.17) is 4.74 Å². The monoisotopic (exact) mass is 356 g/mol. The minimum atomic E-state index is 0.188. The Hall–Kier alpha value is -1.39. The molecule has 4 nitrogen and oxygen atoms in total. The zero-order valence-corrected chi connectivity index (χ0v) is 16.1. The minimum Gasteiger partial charge on any atom is -0.372 e. The summed E-state index contributed by atoms with van der Waals surface area (Å²) in [5.41, 5.74) is 1.56. The number of nitrogens with zero attached hydrogens (tertiary/aromatic N) is 1. The fourth-order valence-corrected chi connectivity index (χ4v) is 5.76. The summed E-state index contributed by atoms with van der Waals surface area (Å²) in [6.07, 6.45) is 6.99. The van der Waals surface area contributed by atoms with Gasteiger partial charge in [-0.2, -0.15) is 0 Å². The fourth-order valence-electron chi connectivity index (χ4n) is 5.76. The summed E-state index contributed by atoms with van der Waals surface area (Å²) in [5.74, 6) is 0.188. The minimum absolute atomic E-state index is 0.188. The third-order valence-corrected chi connectivity index (χ3v) is 7.02. The number of carbonyl (C=O) groups is 1. The first-order valence-corrected chi connectivity index (χ1v) is 10.3. The summed E-state index contributed by atoms with van der Waals surface area (Å²) in [6.45, 7) is 5.20. The molecular formula is C22H32N2O2. The van der Waals surface area contributed by atoms with Crippen molar-refractivity contribution in [3.8, 4) is 0 Å². The number of carbonyl (C=O) groups excluding carboxylic acids is 1. The Morgan fingerprint density at radius 2 is 2.04 bits per heavy atom. The molecule has 0 radical (unpaired) electrons. The number of piperidine rings is 1. The van der Waals surface area contributed by atoms with Crippen LogP contribution < -0.4 is 5.32 Å². The lowest BCUT2D eigenvalue weighted by Gasteiger charge is -2.43. The summed E-state index contributed by atoms with van der Waals surface area (Å²) in [6, 6.07) is 12.2. The smallest absolute Gasteiger partial charge is 0.249 e. The van der Waals surface area contributed by atoms with E-state index in [1.54, 1.807) is 0 Å². The van der Waals surface area contributed by atoms with Gasteiger partial charge in [0.05, 0.1) is 0 Å². The van der Waals surface area contributed by atoms with E-state index >= 15 is 0 Å². The molecule has 1 saturated carbocycles. The summed E-state index contributed by atoms with van der Waals surface area (Å²) in [4.78, 5) is 15.3. The molecule has 1 aromatic carbocycles. The molecule has 2 heterocycles. The first kappa shape index (κ1) is 18.0. The maximum atomic E-state index is 13.1. The second kappa shape index (κ2) is 7.32. The predicted octanol–water partition coefficient (Wildman–Crippen LogP) is 3.16. The Bertz CT molecular complexity index is 634. The molecule has 1 N–H and O–H groups in total. The number of likely N-dealkylation sites (tertiary alicyclic amines) is 1. The molecule has 3 fully saturated rings. The highest BCUT2D eigenvalue weighted by atomic mass is 16.5. The SMILES string of the molecule is CCOCC(=O)N1[C@H]2CCCC[C@H]3N[C@@H](Cc4ccccc4)[C@@H]1C[C@@]23C. The molecule has 2 aliphatic heterocycles. The van der Waals surface area contributed by atoms with Gasteiger partial charge in [-0.15, -0.1) is 0 Å². The summed E-state index contributed by atoms with van der Waals surface area (Å²) in [7, 11) is 0. The van der Waals surface area contributed by atoms with Crippen LogP contribution in [0.5, 0.6) is 0 Å². The number of hydrogen-bond donors (Lipinski definition) is 1. The van der Waals surface area contributed by atoms with Crippen molar-refractivity contribution in [2.24, 2.45) is 5.41 Å². The van der Waals surface area contributed by atoms with Crippen LogP contribution in [0.15, 0.2) is 30.3 Å². The summed E-state index contributed by atoms with van der Waals surface area (Å²) < 4.78 is 5.50. The lowest BCUT2D eigenvalue weighted by Crippen LogP contribution is -2.57. The Balaban J connectivity index is 1.63. The maximum Gasteiger partial charge on any atom is 0.249 e. The number of benzene rings is 1. The van der Waals surface area contributed by atoms with E-state index in [9.17, 15) is 4.79 Å². The second-order valence-corrected chi connectivity index (χ2v) is 8.53. The average Bonchev–Trinajstić information content (AvgIpc) is 2.80. The Kier molecular flexibility index (Phi) is 5.07. The summed E-state index contributed by atoms with van der Waals surface area (Å²) in [5, 5.41) is 3.98. The van der Waals surface area contributed by atoms with Crippen molar-refractivity contribution in [2.75, 3.05) is 13.2 Å². The van der Waals surface area contributed by atoms with Crippen LogP contribution in [-0.4, -0.2) is 48.2 Å². The van der Waals surface area contributed by atoms with Gasteiger partial charge in [-0.05, 0) is 38.2 Å². The van der Waals surface area contributed by atoms with Gasteiger partial charge in [0.15, 0.2) is 0 Å². The van der Waals surface area contributed by atoms with Crippen molar-refractivity contribution in [2.45, 2.75) is 76.5 Å². The predicted molar refractivity (Wildman–Crippen MR) is 103 cm³/mol. The van der Waals surface area contributed by atoms with Crippen LogP contribution in [0.2, 0.25) is 0 Å². The van der Waals surface area contributed by atoms with Crippen molar-refractivity contribution in [1.82, 2.24) is 10.2 Å². The zero-order chi connectivity index (χ0) is 18.1. The molecule has 2 saturated heterocycles. The van der Waals surface area contributed by atoms with Crippen LogP contribution in [0.25, 0.3) is 0 Å². The number of amides is 1. The molecule has 1 aromatic rings. The highest BCUT2D eigenvalue weighted by Gasteiger charge is 2.59. The van der Waals surface area contributed by atoms with Gasteiger partial charge in [0, 0.05) is 36.2 Å². The van der Waals surface area contributed by atoms with Crippen LogP contribution in [0.3, 0.4) is 0 Å². The Morgan fingerprint density at radius 3 is 2.81 bits per heavy atom. The van der Waals surface area contributed by atoms with Gasteiger partial charge >= 0.3 is 0 Å². The largest absolute Gasteiger partial charge is 0.372 e. The van der Waals surface area contributed by atoms with E-state index in [0.717, 1.165) is 19.3 Å². The van der Waals surface area contributed by atoms with Crippen LogP contribution in [-0.2, 0) is 16.0 Å². The van der Waals surface area contributed by atoms with Gasteiger partial charge in [0.1, 0.15) is 6.61 Å². The molecule has 0 aromatic heterocycles. The first-order chi connectivity index (χ1) is 12.6. The van der Waals surface area contributed by atoms with Gasteiger partial charge < -0.3 is 15.0 Å². The van der Waals surface area contributed by atoms with Crippen molar-refractivity contribution in [3.05, 3.63) is 35.9 Å². The number of hydrogen-bond acceptors (Lipinski definition) is 3. The molecule has 1 aliphatic carbocycles. The molecule has 4 rings (SSSR count). The maximum absolute atomic E-state index is 13.1. The average molecular weight is 357 g/mol. The molecular weight excluding hydrogens is 324 g/mol. The fraction of sp³-hybridized carbons (Fsp3) is 0.682. The van der Waals surface area contributed by atoms with Gasteiger partial charge in [0.2, 0.25) is 5.91 Å². The van der Waals surface area contributed by atoms with Gasteiger partial charge in [0.25, 0.3) is 0 Å². The zero-order valence-electron chi connectivity index (χ0n) is 16.1. The van der Waals surface area contributed by atoms with Gasteiger partial charge in [-0.25, -0.2) is 0 Å². The molecule has 0 spiro atoms. The van der Waals surface area contributed by atoms with E-state index in [1.807, 2.05) is 6.92 Å². The Morgan fingerprint density at radius 1 is 1.27 bits per heavy atom. The van der Waals surface area contributed by atoms with Gasteiger partial charge in [-0.3, -0.25) is 4.79 Å². The topological polar surface area (TPSA) is 41.6 Å². The van der Waals surface area contributed by atoms with Crippen molar-refractivity contribution in [3.63, 3.8) is 0 Å². The standard InChI is InChI=1S/C22H32N2O2/c1-3-26-15-21(25)24-18-14-22(2)19(11-7-8-12-20(22)24)23-17(18)13-16-9-5-4-6-10-16/h4-6,9-10,17-20,23H,3,7-8,11-15H2,1-2H3/t17-,18-,19+,20-,22+/m0/s1. The normalized spacial score (nSPS) is 36.0. The molecule has 2 bridgehead atoms. The molecule has 142 valence electrons. The second-order valence-electron chi connectivity index (χ2n) is 8.53. The first-order valence-electron chi connectivity index (χ1n) is 10.3. The highest BCUT2D eigenvalue weighted by molar-refractivity contribution is 5.79. The van der Waals surface area contributed by atoms with Crippen LogP contribution in [0.1, 0.15) is 51.5 Å². The van der Waals surface area contributed by atoms with Crippen molar-refractivity contribution in [1.29, 1.82) is 0 Å². The van der Waals surface area contributed by atoms with E-state index in [1.165, 1.54) is 24.8 Å². The van der Waals surface area contributed by atoms with Crippen LogP contribution in [0.4, 0.5) is 0 Å². The molecule has 0 unspecified atom stereocenters. The third kappa shape index (κ3) is 3.07.